The Balaban J connectivity index is 1.35. The van der Waals surface area contributed by atoms with Crippen LogP contribution in [0, 0.1) is 5.41 Å². The molecule has 2 nitrogen and oxygen atoms in total. The zero-order valence-electron chi connectivity index (χ0n) is 16.7. The molecule has 2 aliphatic carbocycles. The molecule has 148 valence electrons. The van der Waals surface area contributed by atoms with Crippen molar-refractivity contribution < 1.29 is 4.79 Å². The fourth-order valence-corrected chi connectivity index (χ4v) is 5.12. The summed E-state index contributed by atoms with van der Waals surface area (Å²) in [6.07, 6.45) is 8.26. The van der Waals surface area contributed by atoms with Crippen LogP contribution in [0.15, 0.2) is 48.5 Å². The van der Waals surface area contributed by atoms with Gasteiger partial charge in [0.2, 0.25) is 5.91 Å². The highest BCUT2D eigenvalue weighted by atomic mass is 35.5. The number of halogens is 1. The molecule has 28 heavy (non-hydrogen) atoms. The summed E-state index contributed by atoms with van der Waals surface area (Å²) in [6.45, 7) is 2.77. The van der Waals surface area contributed by atoms with Gasteiger partial charge in [-0.3, -0.25) is 4.79 Å². The fourth-order valence-electron chi connectivity index (χ4n) is 4.77. The van der Waals surface area contributed by atoms with Crippen LogP contribution < -0.4 is 5.32 Å². The lowest BCUT2D eigenvalue weighted by Gasteiger charge is -2.23. The number of benzene rings is 2. The average molecular weight is 396 g/mol. The average Bonchev–Trinajstić information content (AvgIpc) is 3.42. The molecular weight excluding hydrogens is 366 g/mol. The summed E-state index contributed by atoms with van der Waals surface area (Å²) in [5.74, 6) is 1.06. The van der Waals surface area contributed by atoms with E-state index in [4.69, 9.17) is 11.6 Å². The first-order valence-corrected chi connectivity index (χ1v) is 11.1. The molecule has 1 N–H and O–H groups in total. The summed E-state index contributed by atoms with van der Waals surface area (Å²) >= 11 is 6.66. The quantitative estimate of drug-likeness (QED) is 0.616. The third kappa shape index (κ3) is 4.12. The number of hydrogen-bond donors (Lipinski definition) is 1. The molecule has 0 heterocycles. The minimum Gasteiger partial charge on any atom is -0.355 e. The standard InChI is InChI=1S/C25H30ClNO/c1-25(24(28)27-15-14-18-8-4-2-5-9-18)17-22(25)20-12-13-21(23(26)16-20)19-10-6-3-7-11-19/h2,4-5,8-9,12-13,16,19,22H,3,6-7,10-11,14-15,17H2,1H3,(H,27,28). The van der Waals surface area contributed by atoms with Crippen molar-refractivity contribution in [3.63, 3.8) is 0 Å². The lowest BCUT2D eigenvalue weighted by Crippen LogP contribution is -2.32. The molecule has 0 saturated heterocycles. The predicted molar refractivity (Wildman–Crippen MR) is 116 cm³/mol. The van der Waals surface area contributed by atoms with Gasteiger partial charge in [-0.05, 0) is 60.3 Å². The minimum absolute atomic E-state index is 0.168. The van der Waals surface area contributed by atoms with Crippen molar-refractivity contribution in [2.24, 2.45) is 5.41 Å². The summed E-state index contributed by atoms with van der Waals surface area (Å²) in [5, 5.41) is 4.03. The van der Waals surface area contributed by atoms with E-state index in [1.54, 1.807) is 0 Å². The molecule has 3 heteroatoms. The summed E-state index contributed by atoms with van der Waals surface area (Å²) in [5.41, 5.74) is 3.47. The van der Waals surface area contributed by atoms with Crippen LogP contribution in [0.3, 0.4) is 0 Å². The van der Waals surface area contributed by atoms with Crippen LogP contribution in [0.4, 0.5) is 0 Å². The minimum atomic E-state index is -0.299. The van der Waals surface area contributed by atoms with Gasteiger partial charge in [0.05, 0.1) is 5.41 Å². The Kier molecular flexibility index (Phi) is 5.78. The maximum atomic E-state index is 12.8. The highest BCUT2D eigenvalue weighted by Crippen LogP contribution is 2.59. The number of nitrogens with one attached hydrogen (secondary N) is 1. The number of hydrogen-bond acceptors (Lipinski definition) is 1. The monoisotopic (exact) mass is 395 g/mol. The van der Waals surface area contributed by atoms with Gasteiger partial charge in [0, 0.05) is 11.6 Å². The zero-order valence-corrected chi connectivity index (χ0v) is 17.5. The highest BCUT2D eigenvalue weighted by molar-refractivity contribution is 6.31. The van der Waals surface area contributed by atoms with E-state index < -0.39 is 0 Å². The van der Waals surface area contributed by atoms with E-state index in [0.717, 1.165) is 17.9 Å². The van der Waals surface area contributed by atoms with Crippen LogP contribution in [-0.2, 0) is 11.2 Å². The van der Waals surface area contributed by atoms with Crippen molar-refractivity contribution in [3.8, 4) is 0 Å². The fraction of sp³-hybridized carbons (Fsp3) is 0.480. The molecule has 2 saturated carbocycles. The molecule has 0 spiro atoms. The van der Waals surface area contributed by atoms with Crippen LogP contribution in [0.5, 0.6) is 0 Å². The summed E-state index contributed by atoms with van der Waals surface area (Å²) in [4.78, 5) is 12.8. The van der Waals surface area contributed by atoms with E-state index in [2.05, 4.69) is 42.6 Å². The Bertz CT molecular complexity index is 828. The third-order valence-electron chi connectivity index (χ3n) is 6.77. The van der Waals surface area contributed by atoms with Crippen molar-refractivity contribution in [2.75, 3.05) is 6.54 Å². The first-order valence-electron chi connectivity index (χ1n) is 10.7. The Morgan fingerprint density at radius 2 is 1.86 bits per heavy atom. The summed E-state index contributed by atoms with van der Waals surface area (Å²) < 4.78 is 0. The Hall–Kier alpha value is -1.80. The maximum absolute atomic E-state index is 12.8. The molecule has 0 radical (unpaired) electrons. The van der Waals surface area contributed by atoms with Crippen LogP contribution in [0.1, 0.15) is 74.0 Å². The van der Waals surface area contributed by atoms with Gasteiger partial charge >= 0.3 is 0 Å². The van der Waals surface area contributed by atoms with Crippen LogP contribution in [-0.4, -0.2) is 12.5 Å². The largest absolute Gasteiger partial charge is 0.355 e. The first-order chi connectivity index (χ1) is 13.6. The molecule has 2 fully saturated rings. The molecule has 2 atom stereocenters. The van der Waals surface area contributed by atoms with E-state index in [0.29, 0.717) is 12.5 Å². The lowest BCUT2D eigenvalue weighted by molar-refractivity contribution is -0.125. The Morgan fingerprint density at radius 1 is 1.11 bits per heavy atom. The van der Waals surface area contributed by atoms with E-state index in [9.17, 15) is 4.79 Å². The van der Waals surface area contributed by atoms with Gasteiger partial charge in [0.15, 0.2) is 0 Å². The SMILES string of the molecule is CC1(C(=O)NCCc2ccccc2)CC1c1ccc(C2CCCCC2)c(Cl)c1. The molecule has 0 aromatic heterocycles. The number of amides is 1. The topological polar surface area (TPSA) is 29.1 Å². The van der Waals surface area contributed by atoms with Crippen molar-refractivity contribution in [1.82, 2.24) is 5.32 Å². The van der Waals surface area contributed by atoms with Gasteiger partial charge in [-0.15, -0.1) is 0 Å². The van der Waals surface area contributed by atoms with Gasteiger partial charge in [-0.1, -0.05) is 80.3 Å². The molecule has 2 aromatic carbocycles. The van der Waals surface area contributed by atoms with E-state index >= 15 is 0 Å². The van der Waals surface area contributed by atoms with Crippen molar-refractivity contribution >= 4 is 17.5 Å². The lowest BCUT2D eigenvalue weighted by atomic mass is 9.83. The van der Waals surface area contributed by atoms with Crippen LogP contribution in [0.25, 0.3) is 0 Å². The predicted octanol–water partition coefficient (Wildman–Crippen LogP) is 6.24. The smallest absolute Gasteiger partial charge is 0.226 e. The van der Waals surface area contributed by atoms with Crippen molar-refractivity contribution in [1.29, 1.82) is 0 Å². The zero-order chi connectivity index (χ0) is 19.6. The summed E-state index contributed by atoms with van der Waals surface area (Å²) in [7, 11) is 0. The second-order valence-corrected chi connectivity index (χ2v) is 9.19. The normalized spacial score (nSPS) is 24.7. The van der Waals surface area contributed by atoms with Crippen LogP contribution >= 0.6 is 11.6 Å². The van der Waals surface area contributed by atoms with Crippen molar-refractivity contribution in [3.05, 3.63) is 70.2 Å². The van der Waals surface area contributed by atoms with Crippen LogP contribution in [0.2, 0.25) is 5.02 Å². The first kappa shape index (κ1) is 19.5. The molecule has 0 aliphatic heterocycles. The van der Waals surface area contributed by atoms with E-state index in [-0.39, 0.29) is 17.2 Å². The molecular formula is C25H30ClNO. The summed E-state index contributed by atoms with van der Waals surface area (Å²) in [6, 6.07) is 16.9. The Labute approximate surface area is 173 Å². The van der Waals surface area contributed by atoms with Gasteiger partial charge in [0.1, 0.15) is 0 Å². The van der Waals surface area contributed by atoms with Gasteiger partial charge in [0.25, 0.3) is 0 Å². The maximum Gasteiger partial charge on any atom is 0.226 e. The van der Waals surface area contributed by atoms with E-state index in [1.165, 1.54) is 48.8 Å². The third-order valence-corrected chi connectivity index (χ3v) is 7.10. The molecule has 2 aliphatic rings. The van der Waals surface area contributed by atoms with Gasteiger partial charge in [-0.25, -0.2) is 0 Å². The number of carbonyl (C=O) groups is 1. The number of carbonyl (C=O) groups excluding carboxylic acids is 1. The molecule has 2 unspecified atom stereocenters. The Morgan fingerprint density at radius 3 is 2.57 bits per heavy atom. The second kappa shape index (κ2) is 8.29. The second-order valence-electron chi connectivity index (χ2n) is 8.78. The molecule has 4 rings (SSSR count). The van der Waals surface area contributed by atoms with Gasteiger partial charge < -0.3 is 5.32 Å². The number of rotatable bonds is 6. The molecule has 2 aromatic rings. The van der Waals surface area contributed by atoms with Gasteiger partial charge in [-0.2, -0.15) is 0 Å². The molecule has 0 bridgehead atoms. The highest BCUT2D eigenvalue weighted by Gasteiger charge is 2.56. The van der Waals surface area contributed by atoms with E-state index in [1.807, 2.05) is 18.2 Å². The molecule has 1 amide bonds. The van der Waals surface area contributed by atoms with Crippen molar-refractivity contribution in [2.45, 2.75) is 63.7 Å².